The summed E-state index contributed by atoms with van der Waals surface area (Å²) < 4.78 is 7.31. The summed E-state index contributed by atoms with van der Waals surface area (Å²) in [6.07, 6.45) is 12.2. The molecule has 0 atom stereocenters. The molecule has 1 aliphatic heterocycles. The maximum Gasteiger partial charge on any atom is 0.224 e. The second kappa shape index (κ2) is 8.88. The van der Waals surface area contributed by atoms with Crippen molar-refractivity contribution in [3.05, 3.63) is 30.0 Å². The molecule has 0 spiro atoms. The highest BCUT2D eigenvalue weighted by atomic mass is 16.5. The number of ether oxygens (including phenoxy) is 1. The van der Waals surface area contributed by atoms with Crippen LogP contribution in [0.4, 0.5) is 5.69 Å². The zero-order valence-electron chi connectivity index (χ0n) is 17.6. The fraction of sp³-hybridized carbons (Fsp3) is 0.625. The molecule has 2 fully saturated rings. The number of aliphatic hydroxyl groups is 1. The van der Waals surface area contributed by atoms with Crippen molar-refractivity contribution in [1.82, 2.24) is 4.57 Å². The van der Waals surface area contributed by atoms with Crippen molar-refractivity contribution >= 4 is 22.5 Å². The quantitative estimate of drug-likeness (QED) is 0.659. The van der Waals surface area contributed by atoms with E-state index in [1.807, 2.05) is 12.3 Å². The number of rotatable bonds is 7. The predicted octanol–water partition coefficient (Wildman–Crippen LogP) is 4.79. The molecule has 2 heterocycles. The number of anilines is 1. The summed E-state index contributed by atoms with van der Waals surface area (Å²) in [6.45, 7) is 3.62. The Balaban J connectivity index is 1.43. The van der Waals surface area contributed by atoms with Gasteiger partial charge in [0.1, 0.15) is 5.60 Å². The molecule has 0 bridgehead atoms. The summed E-state index contributed by atoms with van der Waals surface area (Å²) in [5.74, 6) is 0.819. The van der Waals surface area contributed by atoms with Crippen LogP contribution in [0.3, 0.4) is 0 Å². The number of carbonyl (C=O) groups is 1. The number of aryl methyl sites for hydroxylation is 2. The maximum absolute atomic E-state index is 12.7. The Hall–Kier alpha value is -1.85. The smallest absolute Gasteiger partial charge is 0.224 e. The van der Waals surface area contributed by atoms with Crippen molar-refractivity contribution < 1.29 is 14.6 Å². The molecule has 29 heavy (non-hydrogen) atoms. The van der Waals surface area contributed by atoms with Crippen LogP contribution in [0.1, 0.15) is 63.4 Å². The Morgan fingerprint density at radius 1 is 1.24 bits per heavy atom. The summed E-state index contributed by atoms with van der Waals surface area (Å²) in [6, 6.07) is 6.22. The van der Waals surface area contributed by atoms with Crippen LogP contribution < -0.4 is 5.32 Å². The van der Waals surface area contributed by atoms with Crippen LogP contribution in [-0.2, 0) is 16.1 Å². The Morgan fingerprint density at radius 2 is 2.00 bits per heavy atom. The molecule has 1 saturated carbocycles. The van der Waals surface area contributed by atoms with Crippen LogP contribution in [0.15, 0.2) is 24.4 Å². The van der Waals surface area contributed by atoms with Crippen molar-refractivity contribution in [2.24, 2.45) is 5.92 Å². The Bertz CT molecular complexity index is 845. The first kappa shape index (κ1) is 20.4. The largest absolute Gasteiger partial charge is 0.385 e. The normalized spacial score (nSPS) is 19.7. The zero-order chi connectivity index (χ0) is 20.3. The molecular formula is C24H34N2O3. The number of hydrogen-bond donors (Lipinski definition) is 2. The summed E-state index contributed by atoms with van der Waals surface area (Å²) in [7, 11) is 0. The van der Waals surface area contributed by atoms with Crippen LogP contribution in [0.25, 0.3) is 10.9 Å². The van der Waals surface area contributed by atoms with Crippen LogP contribution >= 0.6 is 0 Å². The molecule has 1 aromatic carbocycles. The second-order valence-electron chi connectivity index (χ2n) is 9.12. The monoisotopic (exact) mass is 398 g/mol. The minimum atomic E-state index is -0.706. The third kappa shape index (κ3) is 4.84. The SMILES string of the molecule is Cc1cccc2c1c(NC(=O)CCC1CCCCCC1)cn2CCC1(O)COC1. The van der Waals surface area contributed by atoms with Crippen LogP contribution in [0.2, 0.25) is 0 Å². The lowest BCUT2D eigenvalue weighted by Gasteiger charge is -2.36. The van der Waals surface area contributed by atoms with Crippen molar-refractivity contribution in [3.8, 4) is 0 Å². The molecular weight excluding hydrogens is 364 g/mol. The van der Waals surface area contributed by atoms with Gasteiger partial charge in [-0.15, -0.1) is 0 Å². The van der Waals surface area contributed by atoms with E-state index >= 15 is 0 Å². The fourth-order valence-corrected chi connectivity index (χ4v) is 4.82. The van der Waals surface area contributed by atoms with Gasteiger partial charge in [-0.3, -0.25) is 4.79 Å². The van der Waals surface area contributed by atoms with Gasteiger partial charge in [-0.1, -0.05) is 50.7 Å². The molecule has 1 saturated heterocycles. The van der Waals surface area contributed by atoms with Crippen LogP contribution in [0, 0.1) is 12.8 Å². The third-order valence-electron chi connectivity index (χ3n) is 6.70. The van der Waals surface area contributed by atoms with E-state index in [1.54, 1.807) is 0 Å². The van der Waals surface area contributed by atoms with E-state index in [9.17, 15) is 9.90 Å². The molecule has 2 N–H and O–H groups in total. The first-order valence-electron chi connectivity index (χ1n) is 11.2. The number of aromatic nitrogens is 1. The van der Waals surface area contributed by atoms with Gasteiger partial charge in [0.05, 0.1) is 24.4 Å². The summed E-state index contributed by atoms with van der Waals surface area (Å²) in [5.41, 5.74) is 2.45. The minimum Gasteiger partial charge on any atom is -0.385 e. The van der Waals surface area contributed by atoms with Crippen molar-refractivity contribution in [1.29, 1.82) is 0 Å². The molecule has 5 nitrogen and oxygen atoms in total. The van der Waals surface area contributed by atoms with Gasteiger partial charge in [0.2, 0.25) is 5.91 Å². The lowest BCUT2D eigenvalue weighted by atomic mass is 9.95. The molecule has 2 aliphatic rings. The van der Waals surface area contributed by atoms with Gasteiger partial charge in [0.25, 0.3) is 0 Å². The van der Waals surface area contributed by atoms with E-state index in [1.165, 1.54) is 38.5 Å². The molecule has 1 aromatic heterocycles. The standard InChI is InChI=1S/C24H34N2O3/c1-18-7-6-10-21-23(18)20(15-26(21)14-13-24(28)16-29-17-24)25-22(27)12-11-19-8-4-2-3-5-9-19/h6-7,10,15,19,28H,2-5,8-9,11-14,16-17H2,1H3,(H,25,27). The number of hydrogen-bond acceptors (Lipinski definition) is 3. The first-order chi connectivity index (χ1) is 14.0. The number of fused-ring (bicyclic) bond motifs is 1. The molecule has 5 heteroatoms. The first-order valence-corrected chi connectivity index (χ1v) is 11.2. The summed E-state index contributed by atoms with van der Waals surface area (Å²) in [4.78, 5) is 12.7. The topological polar surface area (TPSA) is 63.5 Å². The number of nitrogens with one attached hydrogen (secondary N) is 1. The number of carbonyl (C=O) groups excluding carboxylic acids is 1. The van der Waals surface area contributed by atoms with Crippen LogP contribution in [0.5, 0.6) is 0 Å². The van der Waals surface area contributed by atoms with Gasteiger partial charge >= 0.3 is 0 Å². The molecule has 1 aliphatic carbocycles. The molecule has 158 valence electrons. The van der Waals surface area contributed by atoms with Crippen molar-refractivity contribution in [3.63, 3.8) is 0 Å². The summed E-state index contributed by atoms with van der Waals surface area (Å²) in [5, 5.41) is 14.6. The lowest BCUT2D eigenvalue weighted by Crippen LogP contribution is -2.50. The van der Waals surface area contributed by atoms with Gasteiger partial charge in [-0.05, 0) is 37.3 Å². The van der Waals surface area contributed by atoms with Gasteiger partial charge in [-0.25, -0.2) is 0 Å². The van der Waals surface area contributed by atoms with E-state index in [0.29, 0.717) is 38.5 Å². The molecule has 0 radical (unpaired) electrons. The third-order valence-corrected chi connectivity index (χ3v) is 6.70. The van der Waals surface area contributed by atoms with E-state index in [-0.39, 0.29) is 5.91 Å². The highest BCUT2D eigenvalue weighted by Gasteiger charge is 2.35. The zero-order valence-corrected chi connectivity index (χ0v) is 17.6. The average Bonchev–Trinajstić information content (AvgIpc) is 2.85. The number of nitrogens with zero attached hydrogens (tertiary/aromatic N) is 1. The Morgan fingerprint density at radius 3 is 2.69 bits per heavy atom. The van der Waals surface area contributed by atoms with Crippen molar-refractivity contribution in [2.45, 2.75) is 76.9 Å². The molecule has 0 unspecified atom stereocenters. The van der Waals surface area contributed by atoms with Gasteiger partial charge in [-0.2, -0.15) is 0 Å². The Labute approximate surface area is 173 Å². The highest BCUT2D eigenvalue weighted by Crippen LogP contribution is 2.32. The fourth-order valence-electron chi connectivity index (χ4n) is 4.82. The van der Waals surface area contributed by atoms with Crippen LogP contribution in [-0.4, -0.2) is 34.4 Å². The lowest BCUT2D eigenvalue weighted by molar-refractivity contribution is -0.182. The van der Waals surface area contributed by atoms with Gasteiger partial charge < -0.3 is 19.7 Å². The Kier molecular flexibility index (Phi) is 6.26. The van der Waals surface area contributed by atoms with E-state index in [4.69, 9.17) is 4.74 Å². The summed E-state index contributed by atoms with van der Waals surface area (Å²) >= 11 is 0. The number of amides is 1. The predicted molar refractivity (Wildman–Crippen MR) is 116 cm³/mol. The molecule has 1 amide bonds. The average molecular weight is 399 g/mol. The number of benzene rings is 1. The maximum atomic E-state index is 12.7. The minimum absolute atomic E-state index is 0.113. The van der Waals surface area contributed by atoms with E-state index < -0.39 is 5.60 Å². The van der Waals surface area contributed by atoms with E-state index in [2.05, 4.69) is 28.9 Å². The van der Waals surface area contributed by atoms with E-state index in [0.717, 1.165) is 28.6 Å². The van der Waals surface area contributed by atoms with Gasteiger partial charge in [0.15, 0.2) is 0 Å². The second-order valence-corrected chi connectivity index (χ2v) is 9.12. The van der Waals surface area contributed by atoms with Gasteiger partial charge in [0, 0.05) is 24.5 Å². The highest BCUT2D eigenvalue weighted by molar-refractivity contribution is 6.03. The molecule has 2 aromatic rings. The van der Waals surface area contributed by atoms with Crippen molar-refractivity contribution in [2.75, 3.05) is 18.5 Å². The molecule has 4 rings (SSSR count).